The number of hydrogen-bond donors (Lipinski definition) is 3. The Morgan fingerprint density at radius 2 is 1.96 bits per heavy atom. The van der Waals surface area contributed by atoms with Crippen LogP contribution in [-0.2, 0) is 11.3 Å². The molecule has 26 heavy (non-hydrogen) atoms. The predicted molar refractivity (Wildman–Crippen MR) is 106 cm³/mol. The summed E-state index contributed by atoms with van der Waals surface area (Å²) in [5.41, 5.74) is 5.17. The maximum absolute atomic E-state index is 12.3. The van der Waals surface area contributed by atoms with Crippen LogP contribution in [0.5, 0.6) is 5.75 Å². The molecule has 1 aliphatic rings. The van der Waals surface area contributed by atoms with Gasteiger partial charge in [0.2, 0.25) is 0 Å². The molecule has 0 fully saturated rings. The van der Waals surface area contributed by atoms with E-state index in [-0.39, 0.29) is 11.7 Å². The zero-order valence-corrected chi connectivity index (χ0v) is 15.5. The van der Waals surface area contributed by atoms with Gasteiger partial charge in [-0.2, -0.15) is 0 Å². The second kappa shape index (κ2) is 7.62. The summed E-state index contributed by atoms with van der Waals surface area (Å²) in [6.45, 7) is 8.74. The Labute approximate surface area is 154 Å². The zero-order chi connectivity index (χ0) is 18.7. The minimum Gasteiger partial charge on any atom is -0.508 e. The molecule has 0 radical (unpaired) electrons. The lowest BCUT2D eigenvalue weighted by Crippen LogP contribution is -2.22. The number of phenolic OH excluding ortho intramolecular Hbond substituents is 1. The number of phenols is 1. The molecule has 5 heteroatoms. The molecule has 0 bridgehead atoms. The normalized spacial score (nSPS) is 14.6. The SMILES string of the molecule is CCN(CC)Cc1cc(NC=C2C(=O)Nc3cccc(C)c32)ccc1O. The Bertz CT molecular complexity index is 854. The van der Waals surface area contributed by atoms with Gasteiger partial charge in [-0.1, -0.05) is 26.0 Å². The fourth-order valence-electron chi connectivity index (χ4n) is 3.22. The summed E-state index contributed by atoms with van der Waals surface area (Å²) in [5.74, 6) is 0.179. The molecule has 1 aliphatic heterocycles. The highest BCUT2D eigenvalue weighted by molar-refractivity contribution is 6.32. The Morgan fingerprint density at radius 3 is 2.69 bits per heavy atom. The van der Waals surface area contributed by atoms with E-state index >= 15 is 0 Å². The van der Waals surface area contributed by atoms with E-state index in [1.807, 2.05) is 37.3 Å². The molecular weight excluding hydrogens is 326 g/mol. The fourth-order valence-corrected chi connectivity index (χ4v) is 3.22. The summed E-state index contributed by atoms with van der Waals surface area (Å²) >= 11 is 0. The first-order valence-corrected chi connectivity index (χ1v) is 8.95. The molecule has 136 valence electrons. The first kappa shape index (κ1) is 18.0. The summed E-state index contributed by atoms with van der Waals surface area (Å²) in [6.07, 6.45) is 1.74. The molecule has 0 spiro atoms. The van der Waals surface area contributed by atoms with Gasteiger partial charge in [0.1, 0.15) is 5.75 Å². The van der Waals surface area contributed by atoms with Crippen LogP contribution >= 0.6 is 0 Å². The van der Waals surface area contributed by atoms with Crippen LogP contribution in [0.3, 0.4) is 0 Å². The number of aromatic hydroxyl groups is 1. The molecule has 3 N–H and O–H groups in total. The summed E-state index contributed by atoms with van der Waals surface area (Å²) < 4.78 is 0. The lowest BCUT2D eigenvalue weighted by atomic mass is 10.0. The number of aryl methyl sites for hydroxylation is 1. The van der Waals surface area contributed by atoms with E-state index in [1.165, 1.54) is 0 Å². The first-order chi connectivity index (χ1) is 12.5. The minimum absolute atomic E-state index is 0.107. The molecule has 5 nitrogen and oxygen atoms in total. The van der Waals surface area contributed by atoms with Gasteiger partial charge in [-0.05, 0) is 49.8 Å². The summed E-state index contributed by atoms with van der Waals surface area (Å²) in [5, 5.41) is 16.2. The molecule has 1 amide bonds. The van der Waals surface area contributed by atoms with Crippen LogP contribution in [0.15, 0.2) is 42.6 Å². The van der Waals surface area contributed by atoms with E-state index in [0.29, 0.717) is 12.1 Å². The average molecular weight is 351 g/mol. The second-order valence-electron chi connectivity index (χ2n) is 6.46. The van der Waals surface area contributed by atoms with Crippen LogP contribution in [0.4, 0.5) is 11.4 Å². The standard InChI is InChI=1S/C21H25N3O2/c1-4-24(5-2)13-15-11-16(9-10-19(15)25)22-12-17-20-14(3)7-6-8-18(20)23-21(17)26/h6-12,22,25H,4-5,13H2,1-3H3,(H,23,26). The van der Waals surface area contributed by atoms with Gasteiger partial charge in [-0.3, -0.25) is 9.69 Å². The van der Waals surface area contributed by atoms with Crippen molar-refractivity contribution in [3.63, 3.8) is 0 Å². The van der Waals surface area contributed by atoms with Crippen molar-refractivity contribution in [3.05, 3.63) is 59.3 Å². The lowest BCUT2D eigenvalue weighted by Gasteiger charge is -2.19. The van der Waals surface area contributed by atoms with Gasteiger partial charge < -0.3 is 15.7 Å². The van der Waals surface area contributed by atoms with Crippen molar-refractivity contribution in [2.75, 3.05) is 23.7 Å². The predicted octanol–water partition coefficient (Wildman–Crippen LogP) is 3.95. The number of hydrogen-bond acceptors (Lipinski definition) is 4. The van der Waals surface area contributed by atoms with E-state index in [9.17, 15) is 9.90 Å². The Morgan fingerprint density at radius 1 is 1.19 bits per heavy atom. The van der Waals surface area contributed by atoms with Crippen molar-refractivity contribution < 1.29 is 9.90 Å². The van der Waals surface area contributed by atoms with Crippen molar-refractivity contribution in [2.45, 2.75) is 27.3 Å². The first-order valence-electron chi connectivity index (χ1n) is 8.95. The third kappa shape index (κ3) is 3.58. The number of carbonyl (C=O) groups excluding carboxylic acids is 1. The van der Waals surface area contributed by atoms with E-state index in [1.54, 1.807) is 12.3 Å². The maximum atomic E-state index is 12.3. The number of nitrogens with zero attached hydrogens (tertiary/aromatic N) is 1. The fraction of sp³-hybridized carbons (Fsp3) is 0.286. The molecule has 0 unspecified atom stereocenters. The highest BCUT2D eigenvalue weighted by atomic mass is 16.3. The van der Waals surface area contributed by atoms with Crippen LogP contribution < -0.4 is 10.6 Å². The van der Waals surface area contributed by atoms with Crippen LogP contribution in [0.2, 0.25) is 0 Å². The van der Waals surface area contributed by atoms with Crippen molar-refractivity contribution in [2.24, 2.45) is 0 Å². The highest BCUT2D eigenvalue weighted by Crippen LogP contribution is 2.34. The molecule has 0 atom stereocenters. The van der Waals surface area contributed by atoms with Gasteiger partial charge in [0.25, 0.3) is 5.91 Å². The Kier molecular flexibility index (Phi) is 5.28. The maximum Gasteiger partial charge on any atom is 0.257 e. The van der Waals surface area contributed by atoms with Crippen LogP contribution in [0, 0.1) is 6.92 Å². The molecule has 2 aromatic rings. The minimum atomic E-state index is -0.107. The van der Waals surface area contributed by atoms with Gasteiger partial charge in [-0.15, -0.1) is 0 Å². The molecule has 2 aromatic carbocycles. The number of carbonyl (C=O) groups is 1. The molecule has 3 rings (SSSR count). The topological polar surface area (TPSA) is 64.6 Å². The largest absolute Gasteiger partial charge is 0.508 e. The lowest BCUT2D eigenvalue weighted by molar-refractivity contribution is -0.110. The number of anilines is 2. The van der Waals surface area contributed by atoms with E-state index in [2.05, 4.69) is 29.4 Å². The van der Waals surface area contributed by atoms with Gasteiger partial charge >= 0.3 is 0 Å². The third-order valence-electron chi connectivity index (χ3n) is 4.79. The number of amides is 1. The molecule has 0 aliphatic carbocycles. The summed E-state index contributed by atoms with van der Waals surface area (Å²) in [4.78, 5) is 14.5. The quantitative estimate of drug-likeness (QED) is 0.545. The summed E-state index contributed by atoms with van der Waals surface area (Å²) in [7, 11) is 0. The Hall–Kier alpha value is -2.79. The van der Waals surface area contributed by atoms with Crippen LogP contribution in [0.1, 0.15) is 30.5 Å². The summed E-state index contributed by atoms with van der Waals surface area (Å²) in [6, 6.07) is 11.3. The Balaban J connectivity index is 1.84. The molecule has 0 saturated heterocycles. The van der Waals surface area contributed by atoms with Crippen LogP contribution in [0.25, 0.3) is 5.57 Å². The highest BCUT2D eigenvalue weighted by Gasteiger charge is 2.25. The van der Waals surface area contributed by atoms with Gasteiger partial charge in [-0.25, -0.2) is 0 Å². The van der Waals surface area contributed by atoms with Gasteiger partial charge in [0.05, 0.1) is 5.57 Å². The van der Waals surface area contributed by atoms with E-state index in [0.717, 1.165) is 41.2 Å². The van der Waals surface area contributed by atoms with Crippen molar-refractivity contribution >= 4 is 22.9 Å². The van der Waals surface area contributed by atoms with Gasteiger partial charge in [0.15, 0.2) is 0 Å². The van der Waals surface area contributed by atoms with E-state index < -0.39 is 0 Å². The number of nitrogens with one attached hydrogen (secondary N) is 2. The van der Waals surface area contributed by atoms with E-state index in [4.69, 9.17) is 0 Å². The second-order valence-corrected chi connectivity index (χ2v) is 6.46. The molecule has 0 aromatic heterocycles. The molecule has 0 saturated carbocycles. The average Bonchev–Trinajstić information content (AvgIpc) is 2.96. The number of rotatable bonds is 6. The number of fused-ring (bicyclic) bond motifs is 1. The van der Waals surface area contributed by atoms with Crippen LogP contribution in [-0.4, -0.2) is 29.0 Å². The smallest absolute Gasteiger partial charge is 0.257 e. The number of benzene rings is 2. The van der Waals surface area contributed by atoms with Crippen molar-refractivity contribution in [1.82, 2.24) is 4.90 Å². The zero-order valence-electron chi connectivity index (χ0n) is 15.5. The molecule has 1 heterocycles. The van der Waals surface area contributed by atoms with Crippen molar-refractivity contribution in [3.8, 4) is 5.75 Å². The monoisotopic (exact) mass is 351 g/mol. The van der Waals surface area contributed by atoms with Gasteiger partial charge in [0, 0.05) is 35.2 Å². The van der Waals surface area contributed by atoms with Crippen molar-refractivity contribution in [1.29, 1.82) is 0 Å². The third-order valence-corrected chi connectivity index (χ3v) is 4.79. The molecular formula is C21H25N3O2.